The lowest BCUT2D eigenvalue weighted by Gasteiger charge is -2.26. The zero-order valence-corrected chi connectivity index (χ0v) is 17.5. The van der Waals surface area contributed by atoms with E-state index in [2.05, 4.69) is 11.4 Å². The number of benzene rings is 2. The van der Waals surface area contributed by atoms with Crippen LogP contribution < -0.4 is 19.9 Å². The zero-order chi connectivity index (χ0) is 20.9. The molecule has 0 unspecified atom stereocenters. The van der Waals surface area contributed by atoms with Gasteiger partial charge in [0.2, 0.25) is 5.91 Å². The van der Waals surface area contributed by atoms with Crippen LogP contribution in [0.15, 0.2) is 48.5 Å². The Balaban J connectivity index is 1.45. The lowest BCUT2D eigenvalue weighted by Crippen LogP contribution is -3.11. The number of hydrogen-bond acceptors (Lipinski definition) is 3. The summed E-state index contributed by atoms with van der Waals surface area (Å²) in [6, 6.07) is 15.6. The maximum atomic E-state index is 12.8. The molecule has 0 aliphatic carbocycles. The van der Waals surface area contributed by atoms with Crippen molar-refractivity contribution in [3.05, 3.63) is 59.7 Å². The van der Waals surface area contributed by atoms with Crippen LogP contribution in [0.2, 0.25) is 0 Å². The Kier molecular flexibility index (Phi) is 6.33. The molecule has 2 amide bonds. The minimum Gasteiger partial charge on any atom is -0.496 e. The summed E-state index contributed by atoms with van der Waals surface area (Å²) in [5, 5.41) is 3.13. The second kappa shape index (κ2) is 9.30. The predicted molar refractivity (Wildman–Crippen MR) is 116 cm³/mol. The Morgan fingerprint density at radius 1 is 1.10 bits per heavy atom. The molecule has 2 aromatic carbocycles. The minimum atomic E-state index is -0.0900. The number of para-hydroxylation sites is 1. The van der Waals surface area contributed by atoms with Crippen molar-refractivity contribution in [2.75, 3.05) is 38.2 Å². The summed E-state index contributed by atoms with van der Waals surface area (Å²) in [5.41, 5.74) is 2.61. The van der Waals surface area contributed by atoms with Crippen molar-refractivity contribution >= 4 is 17.5 Å². The molecule has 2 heterocycles. The van der Waals surface area contributed by atoms with E-state index in [1.807, 2.05) is 30.3 Å². The van der Waals surface area contributed by atoms with Crippen LogP contribution in [0.3, 0.4) is 0 Å². The van der Waals surface area contributed by atoms with Gasteiger partial charge in [-0.15, -0.1) is 0 Å². The topological polar surface area (TPSA) is 63.1 Å². The van der Waals surface area contributed by atoms with Gasteiger partial charge >= 0.3 is 0 Å². The lowest BCUT2D eigenvalue weighted by atomic mass is 10.0. The number of methoxy groups -OCH3 is 1. The first kappa shape index (κ1) is 20.4. The molecule has 0 bridgehead atoms. The number of ether oxygens (including phenoxy) is 1. The molecular formula is C24H30N3O3+. The SMILES string of the molecule is COc1ccccc1[C@H](CNC(=O)c1ccc(N2CCCC2=O)cc1)[NH+]1CCCC1. The highest BCUT2D eigenvalue weighted by Crippen LogP contribution is 2.24. The van der Waals surface area contributed by atoms with Gasteiger partial charge in [-0.3, -0.25) is 9.59 Å². The van der Waals surface area contributed by atoms with Crippen molar-refractivity contribution in [2.24, 2.45) is 0 Å². The third-order valence-corrected chi connectivity index (χ3v) is 6.23. The van der Waals surface area contributed by atoms with Crippen molar-refractivity contribution in [1.29, 1.82) is 0 Å². The van der Waals surface area contributed by atoms with Gasteiger partial charge in [-0.2, -0.15) is 0 Å². The first-order valence-corrected chi connectivity index (χ1v) is 10.8. The van der Waals surface area contributed by atoms with Crippen LogP contribution in [0, 0.1) is 0 Å². The zero-order valence-electron chi connectivity index (χ0n) is 17.5. The predicted octanol–water partition coefficient (Wildman–Crippen LogP) is 1.97. The van der Waals surface area contributed by atoms with Gasteiger partial charge in [0.05, 0.1) is 32.3 Å². The molecule has 2 N–H and O–H groups in total. The molecule has 30 heavy (non-hydrogen) atoms. The molecule has 0 spiro atoms. The van der Waals surface area contributed by atoms with Crippen molar-refractivity contribution in [3.8, 4) is 5.75 Å². The van der Waals surface area contributed by atoms with E-state index in [1.54, 1.807) is 24.1 Å². The van der Waals surface area contributed by atoms with Crippen LogP contribution in [0.4, 0.5) is 5.69 Å². The van der Waals surface area contributed by atoms with Gasteiger partial charge in [0, 0.05) is 37.1 Å². The van der Waals surface area contributed by atoms with E-state index in [4.69, 9.17) is 4.74 Å². The number of hydrogen-bond donors (Lipinski definition) is 2. The summed E-state index contributed by atoms with van der Waals surface area (Å²) in [5.74, 6) is 0.934. The fourth-order valence-electron chi connectivity index (χ4n) is 4.62. The lowest BCUT2D eigenvalue weighted by molar-refractivity contribution is -0.918. The largest absolute Gasteiger partial charge is 0.496 e. The Morgan fingerprint density at radius 2 is 1.83 bits per heavy atom. The molecule has 0 saturated carbocycles. The third kappa shape index (κ3) is 4.33. The molecule has 2 aliphatic rings. The average molecular weight is 409 g/mol. The molecule has 6 nitrogen and oxygen atoms in total. The number of amides is 2. The van der Waals surface area contributed by atoms with E-state index >= 15 is 0 Å². The van der Waals surface area contributed by atoms with Gasteiger partial charge in [-0.1, -0.05) is 12.1 Å². The van der Waals surface area contributed by atoms with Crippen molar-refractivity contribution < 1.29 is 19.2 Å². The molecule has 2 saturated heterocycles. The molecule has 2 aromatic rings. The maximum Gasteiger partial charge on any atom is 0.251 e. The van der Waals surface area contributed by atoms with E-state index in [0.717, 1.165) is 43.1 Å². The molecule has 6 heteroatoms. The van der Waals surface area contributed by atoms with Gasteiger partial charge in [-0.05, 0) is 42.8 Å². The van der Waals surface area contributed by atoms with Crippen LogP contribution in [0.5, 0.6) is 5.75 Å². The Bertz CT molecular complexity index is 891. The normalized spacial score (nSPS) is 17.9. The number of anilines is 1. The van der Waals surface area contributed by atoms with Crippen molar-refractivity contribution in [2.45, 2.75) is 31.7 Å². The highest BCUT2D eigenvalue weighted by atomic mass is 16.5. The van der Waals surface area contributed by atoms with Gasteiger partial charge < -0.3 is 19.9 Å². The molecule has 0 aromatic heterocycles. The minimum absolute atomic E-state index is 0.0900. The fraction of sp³-hybridized carbons (Fsp3) is 0.417. The van der Waals surface area contributed by atoms with Gasteiger partial charge in [0.25, 0.3) is 5.91 Å². The second-order valence-electron chi connectivity index (χ2n) is 8.07. The number of rotatable bonds is 7. The van der Waals surface area contributed by atoms with Crippen LogP contribution in [0.25, 0.3) is 0 Å². The Labute approximate surface area is 177 Å². The van der Waals surface area contributed by atoms with Crippen LogP contribution >= 0.6 is 0 Å². The highest BCUT2D eigenvalue weighted by molar-refractivity contribution is 5.97. The second-order valence-corrected chi connectivity index (χ2v) is 8.07. The molecule has 4 rings (SSSR count). The molecule has 158 valence electrons. The van der Waals surface area contributed by atoms with Gasteiger partial charge in [-0.25, -0.2) is 0 Å². The van der Waals surface area contributed by atoms with Crippen LogP contribution in [-0.2, 0) is 4.79 Å². The molecule has 0 radical (unpaired) electrons. The third-order valence-electron chi connectivity index (χ3n) is 6.23. The van der Waals surface area contributed by atoms with E-state index in [0.29, 0.717) is 18.5 Å². The standard InChI is InChI=1S/C24H29N3O3/c1-30-22-8-3-2-7-20(22)21(26-14-4-5-15-26)17-25-24(29)18-10-12-19(13-11-18)27-16-6-9-23(27)28/h2-3,7-8,10-13,21H,4-6,9,14-17H2,1H3,(H,25,29)/p+1/t21-/m0/s1. The average Bonchev–Trinajstić information content (AvgIpc) is 3.46. The number of carbonyl (C=O) groups excluding carboxylic acids is 2. The van der Waals surface area contributed by atoms with Gasteiger partial charge in [0.15, 0.2) is 0 Å². The van der Waals surface area contributed by atoms with Crippen LogP contribution in [0.1, 0.15) is 47.6 Å². The Morgan fingerprint density at radius 3 is 2.50 bits per heavy atom. The summed E-state index contributed by atoms with van der Waals surface area (Å²) in [4.78, 5) is 28.0. The summed E-state index contributed by atoms with van der Waals surface area (Å²) in [6.45, 7) is 3.53. The van der Waals surface area contributed by atoms with Crippen LogP contribution in [-0.4, -0.2) is 45.1 Å². The number of likely N-dealkylation sites (tertiary alicyclic amines) is 1. The summed E-state index contributed by atoms with van der Waals surface area (Å²) < 4.78 is 5.59. The Hall–Kier alpha value is -2.86. The quantitative estimate of drug-likeness (QED) is 0.736. The van der Waals surface area contributed by atoms with Gasteiger partial charge in [0.1, 0.15) is 11.8 Å². The number of nitrogens with zero attached hydrogens (tertiary/aromatic N) is 1. The van der Waals surface area contributed by atoms with E-state index in [9.17, 15) is 9.59 Å². The van der Waals surface area contributed by atoms with E-state index < -0.39 is 0 Å². The molecule has 1 atom stereocenters. The fourth-order valence-corrected chi connectivity index (χ4v) is 4.62. The summed E-state index contributed by atoms with van der Waals surface area (Å²) >= 11 is 0. The van der Waals surface area contributed by atoms with Crippen molar-refractivity contribution in [3.63, 3.8) is 0 Å². The highest BCUT2D eigenvalue weighted by Gasteiger charge is 2.30. The molecule has 2 aliphatic heterocycles. The number of quaternary nitrogens is 1. The molecular weight excluding hydrogens is 378 g/mol. The first-order chi connectivity index (χ1) is 14.7. The summed E-state index contributed by atoms with van der Waals surface area (Å²) in [7, 11) is 1.69. The smallest absolute Gasteiger partial charge is 0.251 e. The molecule has 2 fully saturated rings. The van der Waals surface area contributed by atoms with E-state index in [-0.39, 0.29) is 17.9 Å². The number of carbonyl (C=O) groups is 2. The van der Waals surface area contributed by atoms with Crippen molar-refractivity contribution in [1.82, 2.24) is 5.32 Å². The summed E-state index contributed by atoms with van der Waals surface area (Å²) in [6.07, 6.45) is 3.92. The number of nitrogens with one attached hydrogen (secondary N) is 2. The van der Waals surface area contributed by atoms with E-state index in [1.165, 1.54) is 17.7 Å². The first-order valence-electron chi connectivity index (χ1n) is 10.8. The monoisotopic (exact) mass is 408 g/mol. The maximum absolute atomic E-state index is 12.8.